The zero-order chi connectivity index (χ0) is 47.2. The van der Waals surface area contributed by atoms with Gasteiger partial charge >= 0.3 is 5.97 Å². The van der Waals surface area contributed by atoms with Gasteiger partial charge in [-0.2, -0.15) is 0 Å². The van der Waals surface area contributed by atoms with Crippen LogP contribution in [0.5, 0.6) is 17.2 Å². The smallest absolute Gasteiger partial charge is 0.329 e. The summed E-state index contributed by atoms with van der Waals surface area (Å²) in [6, 6.07) is 23.5. The number of hydrogen-bond donors (Lipinski definition) is 2. The maximum Gasteiger partial charge on any atom is 0.329 e. The van der Waals surface area contributed by atoms with Crippen LogP contribution in [0, 0.1) is 11.8 Å². The molecule has 1 saturated carbocycles. The molecule has 1 aliphatic heterocycles. The molecule has 1 unspecified atom stereocenters. The summed E-state index contributed by atoms with van der Waals surface area (Å²) in [5, 5.41) is 14.7. The summed E-state index contributed by atoms with van der Waals surface area (Å²) in [7, 11) is 1.82. The van der Waals surface area contributed by atoms with E-state index in [1.807, 2.05) is 61.8 Å². The van der Waals surface area contributed by atoms with Gasteiger partial charge in [-0.3, -0.25) is 14.7 Å². The van der Waals surface area contributed by atoms with Crippen molar-refractivity contribution in [3.05, 3.63) is 112 Å². The largest absolute Gasteiger partial charge is 0.494 e. The molecule has 2 heterocycles. The van der Waals surface area contributed by atoms with E-state index in [2.05, 4.69) is 36.3 Å². The van der Waals surface area contributed by atoms with Crippen LogP contribution in [-0.2, 0) is 34.3 Å². The second kappa shape index (κ2) is 21.1. The molecule has 4 aromatic rings. The number of hydrogen-bond acceptors (Lipinski definition) is 8. The monoisotopic (exact) mass is 940 g/mol. The first-order valence-corrected chi connectivity index (χ1v) is 24.8. The van der Waals surface area contributed by atoms with Gasteiger partial charge in [0.2, 0.25) is 5.91 Å². The summed E-state index contributed by atoms with van der Waals surface area (Å²) in [4.78, 5) is 34.5. The van der Waals surface area contributed by atoms with Crippen LogP contribution in [0.15, 0.2) is 79.0 Å². The van der Waals surface area contributed by atoms with Crippen LogP contribution in [0.4, 0.5) is 14.5 Å². The van der Waals surface area contributed by atoms with E-state index in [4.69, 9.17) is 25.8 Å². The molecule has 8 rings (SSSR count). The van der Waals surface area contributed by atoms with E-state index in [-0.39, 0.29) is 30.2 Å². The van der Waals surface area contributed by atoms with Gasteiger partial charge in [0.05, 0.1) is 19.8 Å². The number of carbonyl (C=O) groups excluding carboxylic acids is 1. The number of anilines is 1. The molecular weight excluding hydrogens is 874 g/mol. The van der Waals surface area contributed by atoms with Crippen molar-refractivity contribution >= 4 is 29.2 Å². The highest BCUT2D eigenvalue weighted by Gasteiger charge is 2.54. The zero-order valence-electron chi connectivity index (χ0n) is 39.3. The van der Waals surface area contributed by atoms with Gasteiger partial charge in [-0.25, -0.2) is 13.6 Å². The van der Waals surface area contributed by atoms with E-state index in [1.165, 1.54) is 16.7 Å². The number of carboxylic acid groups (broad SMARTS) is 1. The summed E-state index contributed by atoms with van der Waals surface area (Å²) in [5.41, 5.74) is 5.34. The Bertz CT molecular complexity index is 2360. The number of carbonyl (C=O) groups is 2. The lowest BCUT2D eigenvalue weighted by atomic mass is 9.59. The molecule has 2 N–H and O–H groups in total. The van der Waals surface area contributed by atoms with E-state index < -0.39 is 17.4 Å². The molecule has 3 aromatic carbocycles. The summed E-state index contributed by atoms with van der Waals surface area (Å²) in [6.07, 6.45) is 10.8. The molecule has 1 amide bonds. The third kappa shape index (κ3) is 11.7. The van der Waals surface area contributed by atoms with Crippen molar-refractivity contribution in [3.8, 4) is 17.2 Å². The highest BCUT2D eigenvalue weighted by atomic mass is 35.5. The number of rotatable bonds is 20. The number of nitrogens with one attached hydrogen (secondary N) is 1. The van der Waals surface area contributed by atoms with Gasteiger partial charge in [-0.05, 0) is 159 Å². The van der Waals surface area contributed by atoms with Crippen molar-refractivity contribution in [2.75, 3.05) is 58.4 Å². The molecule has 1 saturated heterocycles. The SMILES string of the molecule is C[C@@H](COc1ccnc2c1[C@H](C)CCC2)CC1Cc2ccc(OCCCC(=O)N(C)CCc3cccc(OCCN4CCC(F)(F)C4)c3)cc2C12CCC(Nc1cccc(Cl)c1)(C(=O)O)CC2. The number of amides is 1. The molecule has 2 fully saturated rings. The van der Waals surface area contributed by atoms with Crippen LogP contribution in [0.25, 0.3) is 0 Å². The lowest BCUT2D eigenvalue weighted by Crippen LogP contribution is -2.53. The Morgan fingerprint density at radius 1 is 0.985 bits per heavy atom. The Morgan fingerprint density at radius 2 is 1.78 bits per heavy atom. The number of nitrogens with zero attached hydrogens (tertiary/aromatic N) is 3. The van der Waals surface area contributed by atoms with Gasteiger partial charge in [-0.15, -0.1) is 0 Å². The van der Waals surface area contributed by atoms with Crippen LogP contribution in [0.2, 0.25) is 5.02 Å². The topological polar surface area (TPSA) is 113 Å². The van der Waals surface area contributed by atoms with Crippen molar-refractivity contribution < 1.29 is 37.7 Å². The predicted octanol–water partition coefficient (Wildman–Crippen LogP) is 10.8. The van der Waals surface area contributed by atoms with Crippen molar-refractivity contribution in [1.82, 2.24) is 14.8 Å². The number of aromatic nitrogens is 1. The number of likely N-dealkylation sites (N-methyl/N-ethyl adjacent to an activating group) is 1. The van der Waals surface area contributed by atoms with Crippen LogP contribution < -0.4 is 19.5 Å². The summed E-state index contributed by atoms with van der Waals surface area (Å²) in [6.45, 7) is 7.04. The molecule has 1 aromatic heterocycles. The molecule has 1 spiro atoms. The van der Waals surface area contributed by atoms with E-state index in [9.17, 15) is 23.5 Å². The average molecular weight is 942 g/mol. The van der Waals surface area contributed by atoms with Crippen molar-refractivity contribution in [2.45, 2.75) is 120 Å². The Labute approximate surface area is 399 Å². The summed E-state index contributed by atoms with van der Waals surface area (Å²) in [5.74, 6) is -0.0296. The molecule has 10 nitrogen and oxygen atoms in total. The zero-order valence-corrected chi connectivity index (χ0v) is 40.1. The second-order valence-electron chi connectivity index (χ2n) is 19.9. The number of aryl methyl sites for hydroxylation is 1. The number of benzene rings is 3. The number of likely N-dealkylation sites (tertiary alicyclic amines) is 1. The lowest BCUT2D eigenvalue weighted by Gasteiger charge is -2.47. The fourth-order valence-corrected chi connectivity index (χ4v) is 11.5. The molecule has 0 radical (unpaired) electrons. The third-order valence-corrected chi connectivity index (χ3v) is 15.3. The molecule has 4 aliphatic rings. The first kappa shape index (κ1) is 48.5. The standard InChI is InChI=1S/C54H67ClF2N4O6/c1-37(35-67-48-17-24-58-47-13-4-8-38(2)50(47)48)30-41-32-40-15-16-45(34-46(40)52(41)19-21-53(22-20-52,51(63)64)59-43-11-6-10-42(55)33-43)65-28-7-14-49(62)60(3)25-18-39-9-5-12-44(31-39)66-29-27-61-26-23-54(56,57)36-61/h5-6,9-12,15-17,24,31,33-34,37-38,41,59H,4,7-8,13-14,18-23,25-30,32,35-36H2,1-3H3,(H,63,64)/t37-,38-,41?,52?,53?/m1/s1. The minimum atomic E-state index is -2.61. The fraction of sp³-hybridized carbons (Fsp3) is 0.537. The lowest BCUT2D eigenvalue weighted by molar-refractivity contribution is -0.144. The molecule has 13 heteroatoms. The molecule has 3 atom stereocenters. The highest BCUT2D eigenvalue weighted by Crippen LogP contribution is 2.57. The second-order valence-corrected chi connectivity index (χ2v) is 20.3. The number of halogens is 3. The number of aliphatic carboxylic acids is 1. The van der Waals surface area contributed by atoms with E-state index in [1.54, 1.807) is 21.9 Å². The Kier molecular flexibility index (Phi) is 15.3. The van der Waals surface area contributed by atoms with Crippen LogP contribution in [-0.4, -0.2) is 96.3 Å². The number of pyridine rings is 1. The van der Waals surface area contributed by atoms with Crippen LogP contribution >= 0.6 is 11.6 Å². The molecule has 360 valence electrons. The minimum Gasteiger partial charge on any atom is -0.494 e. The van der Waals surface area contributed by atoms with Crippen LogP contribution in [0.3, 0.4) is 0 Å². The van der Waals surface area contributed by atoms with Crippen molar-refractivity contribution in [1.29, 1.82) is 0 Å². The summed E-state index contributed by atoms with van der Waals surface area (Å²) >= 11 is 6.33. The average Bonchev–Trinajstić information content (AvgIpc) is 3.81. The van der Waals surface area contributed by atoms with Gasteiger partial charge in [0.1, 0.15) is 29.4 Å². The molecular formula is C54H67ClF2N4O6. The third-order valence-electron chi connectivity index (χ3n) is 15.1. The molecule has 67 heavy (non-hydrogen) atoms. The maximum absolute atomic E-state index is 13.5. The number of fused-ring (bicyclic) bond motifs is 3. The minimum absolute atomic E-state index is 0.0427. The normalized spacial score (nSPS) is 23.6. The highest BCUT2D eigenvalue weighted by molar-refractivity contribution is 6.30. The van der Waals surface area contributed by atoms with Crippen molar-refractivity contribution in [2.24, 2.45) is 11.8 Å². The number of alkyl halides is 2. The quantitative estimate of drug-likeness (QED) is 0.0836. The van der Waals surface area contributed by atoms with Crippen LogP contribution in [0.1, 0.15) is 112 Å². The van der Waals surface area contributed by atoms with Gasteiger partial charge in [0.25, 0.3) is 5.92 Å². The fourth-order valence-electron chi connectivity index (χ4n) is 11.3. The Balaban J connectivity index is 0.875. The Morgan fingerprint density at radius 3 is 2.55 bits per heavy atom. The van der Waals surface area contributed by atoms with E-state index in [0.717, 1.165) is 54.9 Å². The van der Waals surface area contributed by atoms with Gasteiger partial charge in [-0.1, -0.05) is 49.7 Å². The molecule has 3 aliphatic carbocycles. The molecule has 0 bridgehead atoms. The number of ether oxygens (including phenoxy) is 3. The van der Waals surface area contributed by atoms with Gasteiger partial charge < -0.3 is 29.5 Å². The number of carboxylic acids is 1. The van der Waals surface area contributed by atoms with Gasteiger partial charge in [0.15, 0.2) is 0 Å². The van der Waals surface area contributed by atoms with E-state index in [0.29, 0.717) is 113 Å². The first-order valence-electron chi connectivity index (χ1n) is 24.4. The first-order chi connectivity index (χ1) is 32.2. The predicted molar refractivity (Wildman–Crippen MR) is 258 cm³/mol. The summed E-state index contributed by atoms with van der Waals surface area (Å²) < 4.78 is 45.9. The van der Waals surface area contributed by atoms with Crippen molar-refractivity contribution in [3.63, 3.8) is 0 Å². The van der Waals surface area contributed by atoms with E-state index >= 15 is 0 Å². The van der Waals surface area contributed by atoms with Gasteiger partial charge in [0, 0.05) is 67.7 Å². The Hall–Kier alpha value is -4.94. The maximum atomic E-state index is 13.5.